The monoisotopic (exact) mass is 135 g/mol. The zero-order valence-corrected chi connectivity index (χ0v) is 5.62. The number of aromatic nitrogens is 2. The highest BCUT2D eigenvalue weighted by Gasteiger charge is 2.19. The van der Waals surface area contributed by atoms with E-state index in [0.29, 0.717) is 6.04 Å². The number of hydrogen-bond acceptors (Lipinski definition) is 3. The van der Waals surface area contributed by atoms with Gasteiger partial charge in [0.15, 0.2) is 0 Å². The van der Waals surface area contributed by atoms with Crippen molar-refractivity contribution in [3.63, 3.8) is 0 Å². The van der Waals surface area contributed by atoms with Crippen molar-refractivity contribution in [2.75, 3.05) is 6.54 Å². The standard InChI is InChI=1S/C7H9N3/c1-3-9-7(10-4-1)6-2-5-8-6/h1,3-4,6,8H,2,5H2. The van der Waals surface area contributed by atoms with Crippen LogP contribution >= 0.6 is 0 Å². The molecule has 1 fully saturated rings. The Kier molecular flexibility index (Phi) is 1.36. The van der Waals surface area contributed by atoms with E-state index in [2.05, 4.69) is 15.3 Å². The molecule has 52 valence electrons. The Balaban J connectivity index is 2.18. The molecule has 1 aromatic heterocycles. The number of nitrogens with one attached hydrogen (secondary N) is 1. The van der Waals surface area contributed by atoms with Crippen LogP contribution in [0.2, 0.25) is 0 Å². The van der Waals surface area contributed by atoms with Crippen LogP contribution in [0.3, 0.4) is 0 Å². The molecular formula is C7H9N3. The van der Waals surface area contributed by atoms with E-state index in [1.807, 2.05) is 6.07 Å². The summed E-state index contributed by atoms with van der Waals surface area (Å²) in [5, 5.41) is 3.24. The van der Waals surface area contributed by atoms with Crippen LogP contribution in [0.4, 0.5) is 0 Å². The van der Waals surface area contributed by atoms with Crippen LogP contribution in [0.1, 0.15) is 18.3 Å². The molecule has 10 heavy (non-hydrogen) atoms. The largest absolute Gasteiger partial charge is 0.307 e. The zero-order chi connectivity index (χ0) is 6.81. The molecule has 0 aromatic carbocycles. The molecule has 1 aliphatic heterocycles. The van der Waals surface area contributed by atoms with Crippen LogP contribution in [-0.4, -0.2) is 16.5 Å². The maximum atomic E-state index is 4.13. The van der Waals surface area contributed by atoms with Crippen molar-refractivity contribution in [1.29, 1.82) is 0 Å². The second-order valence-electron chi connectivity index (χ2n) is 2.40. The summed E-state index contributed by atoms with van der Waals surface area (Å²) in [5.41, 5.74) is 0. The van der Waals surface area contributed by atoms with Gasteiger partial charge in [-0.05, 0) is 19.0 Å². The van der Waals surface area contributed by atoms with Crippen molar-refractivity contribution < 1.29 is 0 Å². The average molecular weight is 135 g/mol. The summed E-state index contributed by atoms with van der Waals surface area (Å²) in [4.78, 5) is 8.25. The van der Waals surface area contributed by atoms with E-state index >= 15 is 0 Å². The maximum absolute atomic E-state index is 4.13. The Morgan fingerprint density at radius 1 is 1.40 bits per heavy atom. The highest BCUT2D eigenvalue weighted by molar-refractivity contribution is 4.99. The first kappa shape index (κ1) is 5.80. The van der Waals surface area contributed by atoms with Crippen LogP contribution in [-0.2, 0) is 0 Å². The van der Waals surface area contributed by atoms with Crippen LogP contribution in [0, 0.1) is 0 Å². The topological polar surface area (TPSA) is 37.8 Å². The normalized spacial score (nSPS) is 23.8. The molecule has 3 nitrogen and oxygen atoms in total. The molecule has 0 radical (unpaired) electrons. The van der Waals surface area contributed by atoms with Crippen LogP contribution in [0.25, 0.3) is 0 Å². The van der Waals surface area contributed by atoms with E-state index in [9.17, 15) is 0 Å². The van der Waals surface area contributed by atoms with Crippen molar-refractivity contribution in [3.8, 4) is 0 Å². The third-order valence-electron chi connectivity index (χ3n) is 1.72. The van der Waals surface area contributed by atoms with Gasteiger partial charge in [-0.25, -0.2) is 9.97 Å². The summed E-state index contributed by atoms with van der Waals surface area (Å²) < 4.78 is 0. The Morgan fingerprint density at radius 2 is 2.10 bits per heavy atom. The molecular weight excluding hydrogens is 126 g/mol. The fourth-order valence-electron chi connectivity index (χ4n) is 1.000. The highest BCUT2D eigenvalue weighted by Crippen LogP contribution is 2.17. The van der Waals surface area contributed by atoms with E-state index in [4.69, 9.17) is 0 Å². The summed E-state index contributed by atoms with van der Waals surface area (Å²) in [5.74, 6) is 0.925. The molecule has 1 N–H and O–H groups in total. The van der Waals surface area contributed by atoms with Gasteiger partial charge in [-0.2, -0.15) is 0 Å². The second-order valence-corrected chi connectivity index (χ2v) is 2.40. The first-order valence-electron chi connectivity index (χ1n) is 3.47. The molecule has 2 heterocycles. The number of rotatable bonds is 1. The third-order valence-corrected chi connectivity index (χ3v) is 1.72. The molecule has 0 bridgehead atoms. The fourth-order valence-corrected chi connectivity index (χ4v) is 1.000. The number of nitrogens with zero attached hydrogens (tertiary/aromatic N) is 2. The summed E-state index contributed by atoms with van der Waals surface area (Å²) in [7, 11) is 0. The minimum atomic E-state index is 0.418. The van der Waals surface area contributed by atoms with Gasteiger partial charge >= 0.3 is 0 Å². The first-order valence-corrected chi connectivity index (χ1v) is 3.47. The number of hydrogen-bond donors (Lipinski definition) is 1. The van der Waals surface area contributed by atoms with Crippen LogP contribution in [0.15, 0.2) is 18.5 Å². The Bertz CT molecular complexity index is 205. The van der Waals surface area contributed by atoms with Crippen LogP contribution in [0.5, 0.6) is 0 Å². The quantitative estimate of drug-likeness (QED) is 0.609. The maximum Gasteiger partial charge on any atom is 0.145 e. The van der Waals surface area contributed by atoms with Gasteiger partial charge in [0.1, 0.15) is 5.82 Å². The molecule has 1 atom stereocenters. The molecule has 1 saturated heterocycles. The summed E-state index contributed by atoms with van der Waals surface area (Å²) in [6.45, 7) is 1.10. The van der Waals surface area contributed by atoms with Gasteiger partial charge in [0, 0.05) is 12.4 Å². The highest BCUT2D eigenvalue weighted by atomic mass is 15.0. The third kappa shape index (κ3) is 0.885. The van der Waals surface area contributed by atoms with Gasteiger partial charge in [0.2, 0.25) is 0 Å². The minimum absolute atomic E-state index is 0.418. The summed E-state index contributed by atoms with van der Waals surface area (Å²) in [6, 6.07) is 2.25. The minimum Gasteiger partial charge on any atom is -0.307 e. The summed E-state index contributed by atoms with van der Waals surface area (Å²) >= 11 is 0. The van der Waals surface area contributed by atoms with Gasteiger partial charge in [-0.3, -0.25) is 0 Å². The lowest BCUT2D eigenvalue weighted by Gasteiger charge is -2.25. The smallest absolute Gasteiger partial charge is 0.145 e. The Labute approximate surface area is 59.5 Å². The molecule has 0 aliphatic carbocycles. The SMILES string of the molecule is c1cnc(C2CCN2)nc1. The Morgan fingerprint density at radius 3 is 2.60 bits per heavy atom. The fraction of sp³-hybridized carbons (Fsp3) is 0.429. The van der Waals surface area contributed by atoms with Crippen molar-refractivity contribution >= 4 is 0 Å². The van der Waals surface area contributed by atoms with E-state index in [1.165, 1.54) is 6.42 Å². The Hall–Kier alpha value is -0.960. The second kappa shape index (κ2) is 2.34. The average Bonchev–Trinajstić information content (AvgIpc) is 1.86. The summed E-state index contributed by atoms with van der Waals surface area (Å²) in [6.07, 6.45) is 4.73. The lowest BCUT2D eigenvalue weighted by Crippen LogP contribution is -2.36. The van der Waals surface area contributed by atoms with Crippen molar-refractivity contribution in [1.82, 2.24) is 15.3 Å². The van der Waals surface area contributed by atoms with Crippen LogP contribution < -0.4 is 5.32 Å². The van der Waals surface area contributed by atoms with Crippen molar-refractivity contribution in [2.45, 2.75) is 12.5 Å². The van der Waals surface area contributed by atoms with Gasteiger partial charge in [0.25, 0.3) is 0 Å². The molecule has 1 aliphatic rings. The molecule has 0 amide bonds. The van der Waals surface area contributed by atoms with E-state index < -0.39 is 0 Å². The molecule has 0 saturated carbocycles. The van der Waals surface area contributed by atoms with E-state index in [1.54, 1.807) is 12.4 Å². The molecule has 2 rings (SSSR count). The molecule has 3 heteroatoms. The molecule has 1 unspecified atom stereocenters. The lowest BCUT2D eigenvalue weighted by atomic mass is 10.1. The van der Waals surface area contributed by atoms with Crippen molar-refractivity contribution in [2.24, 2.45) is 0 Å². The van der Waals surface area contributed by atoms with E-state index in [-0.39, 0.29) is 0 Å². The van der Waals surface area contributed by atoms with Gasteiger partial charge in [0.05, 0.1) is 6.04 Å². The van der Waals surface area contributed by atoms with Gasteiger partial charge in [-0.15, -0.1) is 0 Å². The molecule has 0 spiro atoms. The van der Waals surface area contributed by atoms with Gasteiger partial charge < -0.3 is 5.32 Å². The lowest BCUT2D eigenvalue weighted by molar-refractivity contribution is 0.366. The predicted octanol–water partition coefficient (Wildman–Crippen LogP) is 0.511. The van der Waals surface area contributed by atoms with Gasteiger partial charge in [-0.1, -0.05) is 0 Å². The molecule has 1 aromatic rings. The zero-order valence-electron chi connectivity index (χ0n) is 5.62. The first-order chi connectivity index (χ1) is 4.97. The predicted molar refractivity (Wildman–Crippen MR) is 37.4 cm³/mol. The van der Waals surface area contributed by atoms with Crippen molar-refractivity contribution in [3.05, 3.63) is 24.3 Å². The van der Waals surface area contributed by atoms with E-state index in [0.717, 1.165) is 12.4 Å².